The van der Waals surface area contributed by atoms with Crippen molar-refractivity contribution in [3.63, 3.8) is 0 Å². The van der Waals surface area contributed by atoms with E-state index in [9.17, 15) is 0 Å². The summed E-state index contributed by atoms with van der Waals surface area (Å²) in [6.45, 7) is 0. The summed E-state index contributed by atoms with van der Waals surface area (Å²) in [5, 5.41) is 10.7. The molecule has 2 aliphatic rings. The highest BCUT2D eigenvalue weighted by Crippen LogP contribution is 2.29. The van der Waals surface area contributed by atoms with Crippen molar-refractivity contribution in [3.8, 4) is 0 Å². The largest absolute Gasteiger partial charge is 0.282 e. The predicted octanol–water partition coefficient (Wildman–Crippen LogP) is 3.66. The zero-order valence-electron chi connectivity index (χ0n) is 10.1. The molecule has 0 aromatic rings. The fourth-order valence-corrected chi connectivity index (χ4v) is 2.21. The molecular weight excluding hydrogens is 224 g/mol. The van der Waals surface area contributed by atoms with Crippen LogP contribution in [0.2, 0.25) is 0 Å². The summed E-state index contributed by atoms with van der Waals surface area (Å²) in [5.74, 6) is 1.23. The molecule has 0 aliphatic heterocycles. The zero-order valence-corrected chi connectivity index (χ0v) is 10.1. The summed E-state index contributed by atoms with van der Waals surface area (Å²) in [5.41, 5.74) is 7.41. The summed E-state index contributed by atoms with van der Waals surface area (Å²) in [4.78, 5) is 3.76. The van der Waals surface area contributed by atoms with Gasteiger partial charge >= 0.3 is 0 Å². The van der Waals surface area contributed by atoms with Crippen molar-refractivity contribution in [3.05, 3.63) is 48.1 Å². The maximum Gasteiger partial charge on any atom is 0.153 e. The summed E-state index contributed by atoms with van der Waals surface area (Å²) < 4.78 is 0. The highest BCUT2D eigenvalue weighted by molar-refractivity contribution is 6.02. The average Bonchev–Trinajstić information content (AvgIpc) is 2.46. The van der Waals surface area contributed by atoms with E-state index < -0.39 is 0 Å². The van der Waals surface area contributed by atoms with Crippen molar-refractivity contribution in [2.45, 2.75) is 12.8 Å². The van der Waals surface area contributed by atoms with Gasteiger partial charge < -0.3 is 0 Å². The van der Waals surface area contributed by atoms with E-state index in [0.29, 0.717) is 11.8 Å². The van der Waals surface area contributed by atoms with E-state index in [-0.39, 0.29) is 5.84 Å². The van der Waals surface area contributed by atoms with Crippen LogP contribution in [0.4, 0.5) is 0 Å². The standard InChI is InChI=1S/C14H16N4/c15-14(17-10-18-16)13-8-6-12(7-9-13)11-4-2-1-3-5-11/h1-4,6,8-12,15-16H,5,7H2. The first-order chi connectivity index (χ1) is 8.81. The van der Waals surface area contributed by atoms with Crippen molar-refractivity contribution in [1.29, 1.82) is 10.9 Å². The van der Waals surface area contributed by atoms with Crippen molar-refractivity contribution in [2.75, 3.05) is 0 Å². The van der Waals surface area contributed by atoms with Crippen LogP contribution in [0.15, 0.2) is 58.2 Å². The minimum Gasteiger partial charge on any atom is -0.282 e. The van der Waals surface area contributed by atoms with Crippen molar-refractivity contribution < 1.29 is 0 Å². The summed E-state index contributed by atoms with van der Waals surface area (Å²) in [7, 11) is 0. The van der Waals surface area contributed by atoms with Crippen molar-refractivity contribution in [1.82, 2.24) is 0 Å². The Morgan fingerprint density at radius 2 is 2.06 bits per heavy atom. The number of aliphatic imine (C=N–C) groups is 1. The summed E-state index contributed by atoms with van der Waals surface area (Å²) >= 11 is 0. The Morgan fingerprint density at radius 3 is 2.67 bits per heavy atom. The van der Waals surface area contributed by atoms with Crippen molar-refractivity contribution in [2.24, 2.45) is 21.9 Å². The quantitative estimate of drug-likeness (QED) is 0.429. The normalized spacial score (nSPS) is 26.3. The second kappa shape index (κ2) is 6.00. The van der Waals surface area contributed by atoms with Crippen LogP contribution >= 0.6 is 0 Å². The summed E-state index contributed by atoms with van der Waals surface area (Å²) in [6.07, 6.45) is 17.9. The molecular formula is C14H16N4. The van der Waals surface area contributed by atoms with Crippen LogP contribution in [0.1, 0.15) is 12.8 Å². The highest BCUT2D eigenvalue weighted by atomic mass is 15.0. The van der Waals surface area contributed by atoms with Crippen LogP contribution in [-0.2, 0) is 0 Å². The fourth-order valence-electron chi connectivity index (χ4n) is 2.21. The van der Waals surface area contributed by atoms with Crippen LogP contribution in [0.3, 0.4) is 0 Å². The van der Waals surface area contributed by atoms with Crippen LogP contribution < -0.4 is 0 Å². The van der Waals surface area contributed by atoms with E-state index in [0.717, 1.165) is 24.8 Å². The molecule has 4 heteroatoms. The Balaban J connectivity index is 1.96. The molecule has 2 rings (SSSR count). The Morgan fingerprint density at radius 1 is 1.22 bits per heavy atom. The average molecular weight is 240 g/mol. The van der Waals surface area contributed by atoms with Crippen LogP contribution in [0, 0.1) is 22.8 Å². The van der Waals surface area contributed by atoms with E-state index >= 15 is 0 Å². The molecule has 0 radical (unpaired) electrons. The Bertz CT molecular complexity index is 480. The topological polar surface area (TPSA) is 72.4 Å². The van der Waals surface area contributed by atoms with Gasteiger partial charge in [-0.05, 0) is 24.7 Å². The molecule has 18 heavy (non-hydrogen) atoms. The first-order valence-corrected chi connectivity index (χ1v) is 6.01. The van der Waals surface area contributed by atoms with Gasteiger partial charge in [0.2, 0.25) is 0 Å². The number of nitrogens with zero attached hydrogens (tertiary/aromatic N) is 2. The lowest BCUT2D eigenvalue weighted by molar-refractivity contribution is 0.477. The lowest BCUT2D eigenvalue weighted by atomic mass is 9.82. The number of hydrogen-bond acceptors (Lipinski definition) is 2. The number of allylic oxidation sites excluding steroid dienone is 6. The van der Waals surface area contributed by atoms with Gasteiger partial charge in [-0.3, -0.25) is 5.41 Å². The van der Waals surface area contributed by atoms with Gasteiger partial charge in [0.05, 0.1) is 0 Å². The molecule has 0 spiro atoms. The lowest BCUT2D eigenvalue weighted by Gasteiger charge is -2.23. The molecule has 0 aromatic carbocycles. The third kappa shape index (κ3) is 2.97. The molecule has 0 amide bonds. The maximum atomic E-state index is 7.71. The second-order valence-corrected chi connectivity index (χ2v) is 4.35. The monoisotopic (exact) mass is 240 g/mol. The number of amidine groups is 1. The molecule has 2 unspecified atom stereocenters. The molecule has 0 bridgehead atoms. The second-order valence-electron chi connectivity index (χ2n) is 4.35. The van der Waals surface area contributed by atoms with E-state index in [2.05, 4.69) is 40.5 Å². The minimum atomic E-state index is 0.166. The number of hydrogen-bond donors (Lipinski definition) is 2. The molecule has 0 heterocycles. The molecule has 2 N–H and O–H groups in total. The lowest BCUT2D eigenvalue weighted by Crippen LogP contribution is -2.13. The molecule has 0 aromatic heterocycles. The zero-order chi connectivity index (χ0) is 12.8. The first kappa shape index (κ1) is 12.4. The Kier molecular flexibility index (Phi) is 4.12. The van der Waals surface area contributed by atoms with Crippen LogP contribution in [-0.4, -0.2) is 12.2 Å². The van der Waals surface area contributed by atoms with E-state index in [1.807, 2.05) is 12.2 Å². The molecule has 4 nitrogen and oxygen atoms in total. The predicted molar refractivity (Wildman–Crippen MR) is 73.1 cm³/mol. The van der Waals surface area contributed by atoms with Gasteiger partial charge in [0.15, 0.2) is 5.84 Å². The Hall–Kier alpha value is -2.10. The molecule has 2 aliphatic carbocycles. The summed E-state index contributed by atoms with van der Waals surface area (Å²) in [6, 6.07) is 0. The number of nitrogens with one attached hydrogen (secondary N) is 2. The number of rotatable bonds is 3. The third-order valence-electron chi connectivity index (χ3n) is 3.21. The Labute approximate surface area is 107 Å². The fraction of sp³-hybridized carbons (Fsp3) is 0.286. The van der Waals surface area contributed by atoms with Crippen molar-refractivity contribution >= 4 is 12.2 Å². The van der Waals surface area contributed by atoms with Gasteiger partial charge in [0, 0.05) is 5.57 Å². The third-order valence-corrected chi connectivity index (χ3v) is 3.21. The smallest absolute Gasteiger partial charge is 0.153 e. The molecule has 0 fully saturated rings. The van der Waals surface area contributed by atoms with E-state index in [1.54, 1.807) is 0 Å². The SMILES string of the molecule is N=NC=NC(=N)C1=CCC(C2C=CC=CC2)C=C1. The van der Waals surface area contributed by atoms with E-state index in [1.165, 1.54) is 0 Å². The van der Waals surface area contributed by atoms with Gasteiger partial charge in [-0.2, -0.15) is 0 Å². The van der Waals surface area contributed by atoms with Gasteiger partial charge in [0.1, 0.15) is 6.34 Å². The molecule has 2 atom stereocenters. The van der Waals surface area contributed by atoms with Gasteiger partial charge in [-0.1, -0.05) is 42.5 Å². The van der Waals surface area contributed by atoms with Crippen LogP contribution in [0.25, 0.3) is 0 Å². The van der Waals surface area contributed by atoms with Crippen LogP contribution in [0.5, 0.6) is 0 Å². The molecule has 92 valence electrons. The molecule has 0 saturated carbocycles. The van der Waals surface area contributed by atoms with Gasteiger partial charge in [-0.15, -0.1) is 5.11 Å². The van der Waals surface area contributed by atoms with Gasteiger partial charge in [-0.25, -0.2) is 10.5 Å². The molecule has 0 saturated heterocycles. The van der Waals surface area contributed by atoms with Gasteiger partial charge in [0.25, 0.3) is 0 Å². The minimum absolute atomic E-state index is 0.166. The maximum absolute atomic E-state index is 7.71. The first-order valence-electron chi connectivity index (χ1n) is 6.01. The highest BCUT2D eigenvalue weighted by Gasteiger charge is 2.18. The van der Waals surface area contributed by atoms with E-state index in [4.69, 9.17) is 10.9 Å².